The first-order valence-corrected chi connectivity index (χ1v) is 6.91. The summed E-state index contributed by atoms with van der Waals surface area (Å²) in [7, 11) is 0. The van der Waals surface area contributed by atoms with Crippen molar-refractivity contribution in [3.8, 4) is 0 Å². The van der Waals surface area contributed by atoms with Crippen LogP contribution in [0.3, 0.4) is 0 Å². The van der Waals surface area contributed by atoms with E-state index in [1.807, 2.05) is 18.7 Å². The van der Waals surface area contributed by atoms with Gasteiger partial charge in [0.05, 0.1) is 0 Å². The van der Waals surface area contributed by atoms with Gasteiger partial charge in [-0.2, -0.15) is 0 Å². The highest BCUT2D eigenvalue weighted by molar-refractivity contribution is 5.86. The lowest BCUT2D eigenvalue weighted by atomic mass is 9.98. The number of hydrogen-bond donors (Lipinski definition) is 2. The fourth-order valence-electron chi connectivity index (χ4n) is 2.32. The normalized spacial score (nSPS) is 19.8. The minimum absolute atomic E-state index is 0.0186. The average Bonchev–Trinajstić information content (AvgIpc) is 2.62. The first-order valence-electron chi connectivity index (χ1n) is 6.91. The molecule has 1 heterocycles. The Kier molecular flexibility index (Phi) is 5.95. The molecule has 1 aliphatic rings. The van der Waals surface area contributed by atoms with Crippen LogP contribution in [0.4, 0.5) is 4.79 Å². The van der Waals surface area contributed by atoms with Crippen LogP contribution in [0.5, 0.6) is 0 Å². The Balaban J connectivity index is 2.69. The third-order valence-electron chi connectivity index (χ3n) is 3.69. The lowest BCUT2D eigenvalue weighted by molar-refractivity contribution is -0.134. The van der Waals surface area contributed by atoms with Crippen LogP contribution >= 0.6 is 0 Å². The summed E-state index contributed by atoms with van der Waals surface area (Å²) >= 11 is 0. The van der Waals surface area contributed by atoms with Crippen molar-refractivity contribution in [3.05, 3.63) is 0 Å². The molecule has 0 unspecified atom stereocenters. The zero-order chi connectivity index (χ0) is 13.5. The molecular weight excluding hydrogens is 230 g/mol. The summed E-state index contributed by atoms with van der Waals surface area (Å²) in [6.45, 7) is 5.57. The molecule has 1 aliphatic heterocycles. The monoisotopic (exact) mass is 255 g/mol. The smallest absolute Gasteiger partial charge is 0.312 e. The van der Waals surface area contributed by atoms with E-state index < -0.39 is 12.1 Å². The van der Waals surface area contributed by atoms with Crippen molar-refractivity contribution >= 4 is 11.9 Å². The second-order valence-electron chi connectivity index (χ2n) is 5.11. The Labute approximate surface area is 109 Å². The summed E-state index contributed by atoms with van der Waals surface area (Å²) in [6, 6.07) is -1.10. The van der Waals surface area contributed by atoms with E-state index in [1.165, 1.54) is 12.8 Å². The Hall–Kier alpha value is -1.26. The molecule has 0 saturated carbocycles. The molecule has 0 radical (unpaired) electrons. The predicted molar refractivity (Wildman–Crippen MR) is 71.0 cm³/mol. The van der Waals surface area contributed by atoms with Gasteiger partial charge >= 0.3 is 6.03 Å². The van der Waals surface area contributed by atoms with Crippen molar-refractivity contribution in [1.82, 2.24) is 10.2 Å². The van der Waals surface area contributed by atoms with Crippen LogP contribution in [0.25, 0.3) is 0 Å². The number of carbonyl (C=O) groups is 2. The average molecular weight is 255 g/mol. The van der Waals surface area contributed by atoms with Gasteiger partial charge in [0, 0.05) is 13.1 Å². The van der Waals surface area contributed by atoms with E-state index in [0.29, 0.717) is 0 Å². The quantitative estimate of drug-likeness (QED) is 0.798. The summed E-state index contributed by atoms with van der Waals surface area (Å²) in [5.74, 6) is 0.123. The highest BCUT2D eigenvalue weighted by Crippen LogP contribution is 2.15. The maximum absolute atomic E-state index is 12.4. The van der Waals surface area contributed by atoms with Crippen molar-refractivity contribution < 1.29 is 9.59 Å². The van der Waals surface area contributed by atoms with Gasteiger partial charge in [-0.05, 0) is 18.8 Å². The minimum Gasteiger partial charge on any atom is -0.352 e. The highest BCUT2D eigenvalue weighted by atomic mass is 16.2. The summed E-state index contributed by atoms with van der Waals surface area (Å²) in [4.78, 5) is 25.3. The number of nitrogens with one attached hydrogen (secondary N) is 1. The summed E-state index contributed by atoms with van der Waals surface area (Å²) in [5.41, 5.74) is 5.16. The number of rotatable bonds is 4. The number of urea groups is 1. The largest absolute Gasteiger partial charge is 0.352 e. The van der Waals surface area contributed by atoms with Gasteiger partial charge in [0.25, 0.3) is 0 Å². The van der Waals surface area contributed by atoms with Gasteiger partial charge < -0.3 is 16.0 Å². The molecule has 104 valence electrons. The van der Waals surface area contributed by atoms with Gasteiger partial charge in [0.2, 0.25) is 5.91 Å². The Morgan fingerprint density at radius 2 is 1.78 bits per heavy atom. The van der Waals surface area contributed by atoms with E-state index in [-0.39, 0.29) is 11.8 Å². The van der Waals surface area contributed by atoms with Crippen LogP contribution in [0, 0.1) is 5.92 Å². The van der Waals surface area contributed by atoms with Gasteiger partial charge in [-0.1, -0.05) is 33.1 Å². The van der Waals surface area contributed by atoms with Crippen LogP contribution < -0.4 is 11.1 Å². The van der Waals surface area contributed by atoms with Crippen molar-refractivity contribution in [3.63, 3.8) is 0 Å². The van der Waals surface area contributed by atoms with E-state index >= 15 is 0 Å². The number of primary amides is 1. The molecular formula is C13H25N3O2. The van der Waals surface area contributed by atoms with Gasteiger partial charge in [0.1, 0.15) is 6.04 Å². The number of nitrogens with two attached hydrogens (primary N) is 1. The minimum atomic E-state index is -0.622. The van der Waals surface area contributed by atoms with Gasteiger partial charge in [-0.25, -0.2) is 4.79 Å². The molecule has 2 atom stereocenters. The Morgan fingerprint density at radius 3 is 2.22 bits per heavy atom. The first kappa shape index (κ1) is 14.8. The van der Waals surface area contributed by atoms with E-state index in [2.05, 4.69) is 5.32 Å². The molecule has 0 spiro atoms. The number of hydrogen-bond acceptors (Lipinski definition) is 2. The zero-order valence-corrected chi connectivity index (χ0v) is 11.4. The summed E-state index contributed by atoms with van der Waals surface area (Å²) in [6.07, 6.45) is 5.30. The van der Waals surface area contributed by atoms with E-state index in [0.717, 1.165) is 32.4 Å². The second-order valence-corrected chi connectivity index (χ2v) is 5.11. The molecule has 0 aromatic carbocycles. The maximum atomic E-state index is 12.4. The first-order chi connectivity index (χ1) is 8.56. The number of nitrogens with zero attached hydrogens (tertiary/aromatic N) is 1. The lowest BCUT2D eigenvalue weighted by Gasteiger charge is -2.29. The molecule has 0 bridgehead atoms. The van der Waals surface area contributed by atoms with Gasteiger partial charge in [-0.15, -0.1) is 0 Å². The van der Waals surface area contributed by atoms with E-state index in [4.69, 9.17) is 5.73 Å². The van der Waals surface area contributed by atoms with Crippen LogP contribution in [-0.4, -0.2) is 36.0 Å². The fraction of sp³-hybridized carbons (Fsp3) is 0.846. The van der Waals surface area contributed by atoms with Crippen LogP contribution in [0.2, 0.25) is 0 Å². The Morgan fingerprint density at radius 1 is 1.22 bits per heavy atom. The van der Waals surface area contributed by atoms with Crippen molar-refractivity contribution in [2.24, 2.45) is 11.7 Å². The van der Waals surface area contributed by atoms with Gasteiger partial charge in [0.15, 0.2) is 0 Å². The molecule has 1 saturated heterocycles. The predicted octanol–water partition coefficient (Wildman–Crippen LogP) is 1.47. The third-order valence-corrected chi connectivity index (χ3v) is 3.69. The SMILES string of the molecule is CC[C@@H](C)[C@H](NC(N)=O)C(=O)N1CCCCCC1. The van der Waals surface area contributed by atoms with Crippen molar-refractivity contribution in [2.75, 3.05) is 13.1 Å². The molecule has 5 heteroatoms. The van der Waals surface area contributed by atoms with Crippen molar-refractivity contribution in [2.45, 2.75) is 52.0 Å². The molecule has 0 aromatic rings. The zero-order valence-electron chi connectivity index (χ0n) is 11.4. The fourth-order valence-corrected chi connectivity index (χ4v) is 2.32. The summed E-state index contributed by atoms with van der Waals surface area (Å²) < 4.78 is 0. The lowest BCUT2D eigenvalue weighted by Crippen LogP contribution is -2.53. The highest BCUT2D eigenvalue weighted by Gasteiger charge is 2.29. The molecule has 3 amide bonds. The standard InChI is InChI=1S/C13H25N3O2/c1-3-10(2)11(15-13(14)18)12(17)16-8-6-4-5-7-9-16/h10-11H,3-9H2,1-2H3,(H3,14,15,18)/t10-,11+/m1/s1. The molecule has 5 nitrogen and oxygen atoms in total. The van der Waals surface area contributed by atoms with E-state index in [9.17, 15) is 9.59 Å². The van der Waals surface area contributed by atoms with Crippen molar-refractivity contribution in [1.29, 1.82) is 0 Å². The maximum Gasteiger partial charge on any atom is 0.312 e. The van der Waals surface area contributed by atoms with Crippen LogP contribution in [0.1, 0.15) is 46.0 Å². The molecule has 1 fully saturated rings. The second kappa shape index (κ2) is 7.24. The molecule has 0 aliphatic carbocycles. The molecule has 0 aromatic heterocycles. The number of carbonyl (C=O) groups excluding carboxylic acids is 2. The molecule has 3 N–H and O–H groups in total. The van der Waals surface area contributed by atoms with Gasteiger partial charge in [-0.3, -0.25) is 4.79 Å². The Bertz CT molecular complexity index is 286. The number of amides is 3. The molecule has 1 rings (SSSR count). The third kappa shape index (κ3) is 4.20. The number of likely N-dealkylation sites (tertiary alicyclic amines) is 1. The summed E-state index contributed by atoms with van der Waals surface area (Å²) in [5, 5.41) is 2.60. The topological polar surface area (TPSA) is 75.4 Å². The van der Waals surface area contributed by atoms with E-state index in [1.54, 1.807) is 0 Å². The van der Waals surface area contributed by atoms with Crippen LogP contribution in [-0.2, 0) is 4.79 Å². The van der Waals surface area contributed by atoms with Crippen LogP contribution in [0.15, 0.2) is 0 Å². The molecule has 18 heavy (non-hydrogen) atoms.